The van der Waals surface area contributed by atoms with Crippen LogP contribution in [0.1, 0.15) is 6.92 Å². The molecule has 0 radical (unpaired) electrons. The smallest absolute Gasteiger partial charge is 0.222 e. The quantitative estimate of drug-likeness (QED) is 0.270. The molecule has 5 heteroatoms. The van der Waals surface area contributed by atoms with Crippen LogP contribution in [0.5, 0.6) is 0 Å². The molecule has 0 spiro atoms. The first kappa shape index (κ1) is 11.4. The number of isocyanates is 1. The standard InChI is InChI=1S/C3H5OPS.CHNO/c1-2-3-5(4)6;2-1-3/h2-3H,1H3;2H/p+1. The third-order valence-corrected chi connectivity index (χ3v) is 1.23. The molecule has 3 nitrogen and oxygen atoms in total. The van der Waals surface area contributed by atoms with Gasteiger partial charge >= 0.3 is 7.00 Å². The Hall–Kier alpha value is -0.430. The van der Waals surface area contributed by atoms with Crippen LogP contribution >= 0.6 is 19.3 Å². The van der Waals surface area contributed by atoms with Gasteiger partial charge in [0, 0.05) is 0 Å². The third-order valence-electron chi connectivity index (χ3n) is 0.277. The molecule has 0 amide bonds. The van der Waals surface area contributed by atoms with E-state index in [2.05, 4.69) is 12.2 Å². The van der Waals surface area contributed by atoms with Gasteiger partial charge in [-0.3, -0.25) is 0 Å². The molecule has 1 atom stereocenters. The largest absolute Gasteiger partial charge is 0.438 e. The van der Waals surface area contributed by atoms with E-state index in [1.165, 1.54) is 0 Å². The van der Waals surface area contributed by atoms with Crippen molar-refractivity contribution in [2.24, 2.45) is 0 Å². The highest BCUT2D eigenvalue weighted by molar-refractivity contribution is 8.41. The molecule has 0 aromatic carbocycles. The number of rotatable bonds is 1. The van der Waals surface area contributed by atoms with E-state index in [-0.39, 0.29) is 0 Å². The van der Waals surface area contributed by atoms with Crippen LogP contribution in [0, 0.1) is 5.41 Å². The summed E-state index contributed by atoms with van der Waals surface area (Å²) in [6, 6.07) is 0. The lowest BCUT2D eigenvalue weighted by Gasteiger charge is -1.50. The molecule has 0 aliphatic rings. The predicted molar refractivity (Wildman–Crippen MR) is 39.8 cm³/mol. The average Bonchev–Trinajstić information content (AvgIpc) is 1.67. The molecule has 0 saturated heterocycles. The number of carbonyl (C=O) groups excluding carboxylic acids is 1. The molecule has 0 aliphatic carbocycles. The zero-order valence-corrected chi connectivity index (χ0v) is 6.65. The molecule has 0 aromatic rings. The monoisotopic (exact) mass is 164 g/mol. The second-order valence-electron chi connectivity index (χ2n) is 0.887. The summed E-state index contributed by atoms with van der Waals surface area (Å²) in [5.41, 5.74) is 0. The lowest BCUT2D eigenvalue weighted by Crippen LogP contribution is -1.30. The summed E-state index contributed by atoms with van der Waals surface area (Å²) in [6.45, 7) is 1.81. The predicted octanol–water partition coefficient (Wildman–Crippen LogP) is 2.09. The Morgan fingerprint density at radius 2 is 2.11 bits per heavy atom. The van der Waals surface area contributed by atoms with Crippen molar-refractivity contribution in [2.75, 3.05) is 0 Å². The molecule has 1 N–H and O–H groups in total. The Balaban J connectivity index is 0. The maximum absolute atomic E-state index is 9.97. The van der Waals surface area contributed by atoms with Gasteiger partial charge < -0.3 is 0 Å². The summed E-state index contributed by atoms with van der Waals surface area (Å²) in [7, 11) is -1.34. The van der Waals surface area contributed by atoms with Gasteiger partial charge in [0.2, 0.25) is 6.08 Å². The van der Waals surface area contributed by atoms with Crippen LogP contribution < -0.4 is 0 Å². The first-order valence-electron chi connectivity index (χ1n) is 2.01. The lowest BCUT2D eigenvalue weighted by molar-refractivity contribution is 0.562. The van der Waals surface area contributed by atoms with E-state index in [4.69, 9.17) is 10.2 Å². The Morgan fingerprint density at radius 3 is 2.11 bits per heavy atom. The van der Waals surface area contributed by atoms with Gasteiger partial charge in [0.25, 0.3) is 0 Å². The molecule has 0 fully saturated rings. The molecule has 0 aromatic heterocycles. The summed E-state index contributed by atoms with van der Waals surface area (Å²) in [6.07, 6.45) is 2.46. The van der Waals surface area contributed by atoms with Gasteiger partial charge in [-0.25, -0.2) is 10.2 Å². The van der Waals surface area contributed by atoms with Crippen molar-refractivity contribution in [3.05, 3.63) is 11.9 Å². The fourth-order valence-corrected chi connectivity index (χ4v) is 0.783. The summed E-state index contributed by atoms with van der Waals surface area (Å²) in [4.78, 5) is 8.35. The van der Waals surface area contributed by atoms with Crippen LogP contribution in [0.4, 0.5) is 0 Å². The van der Waals surface area contributed by atoms with E-state index < -0.39 is 7.00 Å². The summed E-state index contributed by atoms with van der Waals surface area (Å²) in [5, 5.41) is 5.40. The fraction of sp³-hybridized carbons (Fsp3) is 0.250. The molecule has 0 aliphatic heterocycles. The molecule has 9 heavy (non-hydrogen) atoms. The van der Waals surface area contributed by atoms with E-state index in [1.807, 2.05) is 6.92 Å². The molecule has 0 rings (SSSR count). The molecule has 0 bridgehead atoms. The van der Waals surface area contributed by atoms with Gasteiger partial charge in [-0.1, -0.05) is 4.57 Å². The maximum atomic E-state index is 9.97. The number of hydrogen-bond donors (Lipinski definition) is 2. The molecule has 0 saturated carbocycles. The topological polar surface area (TPSA) is 58.0 Å². The molecule has 50 valence electrons. The number of nitrogens with one attached hydrogen (secondary N) is 1. The van der Waals surface area contributed by atoms with Crippen molar-refractivity contribution in [2.45, 2.75) is 6.92 Å². The second kappa shape index (κ2) is 10.5. The summed E-state index contributed by atoms with van der Waals surface area (Å²) < 4.78 is 9.97. The van der Waals surface area contributed by atoms with Gasteiger partial charge in [0.1, 0.15) is 12.2 Å². The zero-order chi connectivity index (χ0) is 7.70. The van der Waals surface area contributed by atoms with E-state index in [0.29, 0.717) is 0 Å². The minimum absolute atomic E-state index is 0.750. The van der Waals surface area contributed by atoms with Crippen LogP contribution in [0.15, 0.2) is 11.9 Å². The lowest BCUT2D eigenvalue weighted by atomic mass is 10.8. The van der Waals surface area contributed by atoms with Crippen molar-refractivity contribution < 1.29 is 9.36 Å². The number of hydrogen-bond acceptors (Lipinski definition) is 3. The number of allylic oxidation sites excluding steroid dienone is 1. The third kappa shape index (κ3) is 35.6. The van der Waals surface area contributed by atoms with Gasteiger partial charge in [-0.2, -0.15) is 0 Å². The average molecular weight is 164 g/mol. The van der Waals surface area contributed by atoms with E-state index >= 15 is 0 Å². The highest BCUT2D eigenvalue weighted by Crippen LogP contribution is 2.26. The van der Waals surface area contributed by atoms with Crippen LogP contribution in [0.3, 0.4) is 0 Å². The maximum Gasteiger partial charge on any atom is 0.438 e. The molecular weight excluding hydrogens is 157 g/mol. The highest BCUT2D eigenvalue weighted by atomic mass is 32.7. The Labute approximate surface area is 59.6 Å². The summed E-state index contributed by atoms with van der Waals surface area (Å²) in [5.74, 6) is 1.54. The van der Waals surface area contributed by atoms with Crippen LogP contribution in [-0.4, -0.2) is 6.08 Å². The number of thiol groups is 1. The fourth-order valence-electron chi connectivity index (χ4n) is 0.128. The SMILES string of the molecule is CC=C[P+](=O)S.N=C=O. The Kier molecular flexibility index (Phi) is 13.3. The zero-order valence-electron chi connectivity index (χ0n) is 4.87. The first-order valence-corrected chi connectivity index (χ1v) is 4.49. The Morgan fingerprint density at radius 1 is 1.78 bits per heavy atom. The van der Waals surface area contributed by atoms with Crippen LogP contribution in [0.25, 0.3) is 0 Å². The van der Waals surface area contributed by atoms with Gasteiger partial charge in [0.05, 0.1) is 0 Å². The molecule has 1 unspecified atom stereocenters. The minimum atomic E-state index is -1.34. The van der Waals surface area contributed by atoms with Crippen LogP contribution in [-0.2, 0) is 9.36 Å². The van der Waals surface area contributed by atoms with Crippen molar-refractivity contribution >= 4 is 25.3 Å². The Bertz CT molecular complexity index is 140. The van der Waals surface area contributed by atoms with E-state index in [9.17, 15) is 4.57 Å². The van der Waals surface area contributed by atoms with Crippen LogP contribution in [0.2, 0.25) is 0 Å². The van der Waals surface area contributed by atoms with E-state index in [0.717, 1.165) is 6.08 Å². The van der Waals surface area contributed by atoms with E-state index in [1.54, 1.807) is 11.9 Å². The van der Waals surface area contributed by atoms with Gasteiger partial charge in [-0.05, 0) is 13.0 Å². The normalized spacial score (nSPS) is 9.33. The van der Waals surface area contributed by atoms with Crippen molar-refractivity contribution in [3.63, 3.8) is 0 Å². The van der Waals surface area contributed by atoms with Crippen molar-refractivity contribution in [1.82, 2.24) is 0 Å². The minimum Gasteiger partial charge on any atom is -0.222 e. The van der Waals surface area contributed by atoms with Crippen molar-refractivity contribution in [3.8, 4) is 0 Å². The van der Waals surface area contributed by atoms with Gasteiger partial charge in [-0.15, -0.1) is 0 Å². The molecular formula is C4H7NO2PS+. The van der Waals surface area contributed by atoms with Crippen molar-refractivity contribution in [1.29, 1.82) is 5.41 Å². The molecule has 0 heterocycles. The highest BCUT2D eigenvalue weighted by Gasteiger charge is 1.94. The second-order valence-corrected chi connectivity index (χ2v) is 2.97. The van der Waals surface area contributed by atoms with Gasteiger partial charge in [0.15, 0.2) is 5.82 Å². The summed E-state index contributed by atoms with van der Waals surface area (Å²) >= 11 is 3.60. The first-order chi connectivity index (χ1) is 4.18.